The Bertz CT molecular complexity index is 579. The van der Waals surface area contributed by atoms with E-state index in [1.807, 2.05) is 36.2 Å². The summed E-state index contributed by atoms with van der Waals surface area (Å²) >= 11 is 0. The van der Waals surface area contributed by atoms with Crippen LogP contribution in [0.15, 0.2) is 24.3 Å². The van der Waals surface area contributed by atoms with E-state index < -0.39 is 0 Å². The van der Waals surface area contributed by atoms with Crippen LogP contribution in [0.5, 0.6) is 5.75 Å². The van der Waals surface area contributed by atoms with Gasteiger partial charge in [0.1, 0.15) is 5.75 Å². The lowest BCUT2D eigenvalue weighted by Gasteiger charge is -2.36. The molecular weight excluding hydrogens is 342 g/mol. The maximum atomic E-state index is 12.6. The van der Waals surface area contributed by atoms with Gasteiger partial charge in [-0.05, 0) is 49.5 Å². The number of ether oxygens (including phenoxy) is 2. The van der Waals surface area contributed by atoms with E-state index in [2.05, 4.69) is 9.80 Å². The molecule has 0 spiro atoms. The van der Waals surface area contributed by atoms with Crippen molar-refractivity contribution >= 4 is 5.91 Å². The van der Waals surface area contributed by atoms with Crippen LogP contribution in [0, 0.1) is 5.92 Å². The summed E-state index contributed by atoms with van der Waals surface area (Å²) in [7, 11) is 3.55. The first-order chi connectivity index (χ1) is 13.1. The van der Waals surface area contributed by atoms with Crippen molar-refractivity contribution in [2.24, 2.45) is 5.92 Å². The molecular formula is C21H33N3O3. The molecule has 0 atom stereocenters. The van der Waals surface area contributed by atoms with Gasteiger partial charge in [0.25, 0.3) is 0 Å². The van der Waals surface area contributed by atoms with Gasteiger partial charge in [-0.25, -0.2) is 0 Å². The lowest BCUT2D eigenvalue weighted by Crippen LogP contribution is -2.45. The van der Waals surface area contributed by atoms with Gasteiger partial charge >= 0.3 is 0 Å². The summed E-state index contributed by atoms with van der Waals surface area (Å²) < 4.78 is 10.6. The number of morpholine rings is 1. The van der Waals surface area contributed by atoms with E-state index in [1.165, 1.54) is 19.4 Å². The summed E-state index contributed by atoms with van der Waals surface area (Å²) in [5.74, 6) is 1.79. The molecule has 2 heterocycles. The zero-order chi connectivity index (χ0) is 19.1. The second-order valence-electron chi connectivity index (χ2n) is 7.73. The van der Waals surface area contributed by atoms with Crippen LogP contribution in [0.4, 0.5) is 0 Å². The Labute approximate surface area is 163 Å². The van der Waals surface area contributed by atoms with Gasteiger partial charge in [-0.15, -0.1) is 0 Å². The fraction of sp³-hybridized carbons (Fsp3) is 0.667. The number of hydrogen-bond donors (Lipinski definition) is 0. The first-order valence-electron chi connectivity index (χ1n) is 10.0. The number of likely N-dealkylation sites (tertiary alicyclic amines) is 1. The second kappa shape index (κ2) is 10.1. The van der Waals surface area contributed by atoms with Gasteiger partial charge in [-0.2, -0.15) is 0 Å². The number of piperidine rings is 1. The van der Waals surface area contributed by atoms with Crippen LogP contribution in [0.1, 0.15) is 18.4 Å². The molecule has 0 aromatic heterocycles. The number of amides is 1. The van der Waals surface area contributed by atoms with E-state index in [0.717, 1.165) is 56.6 Å². The molecule has 0 bridgehead atoms. The maximum Gasteiger partial charge on any atom is 0.236 e. The predicted octanol–water partition coefficient (Wildman–Crippen LogP) is 1.70. The molecule has 3 rings (SSSR count). The van der Waals surface area contributed by atoms with Gasteiger partial charge in [0.2, 0.25) is 5.91 Å². The average Bonchev–Trinajstić information content (AvgIpc) is 2.71. The highest BCUT2D eigenvalue weighted by molar-refractivity contribution is 5.78. The van der Waals surface area contributed by atoms with E-state index in [4.69, 9.17) is 9.47 Å². The van der Waals surface area contributed by atoms with E-state index in [9.17, 15) is 4.79 Å². The van der Waals surface area contributed by atoms with Crippen LogP contribution < -0.4 is 4.74 Å². The molecule has 0 unspecified atom stereocenters. The first kappa shape index (κ1) is 20.1. The smallest absolute Gasteiger partial charge is 0.236 e. The third-order valence-corrected chi connectivity index (χ3v) is 5.69. The minimum Gasteiger partial charge on any atom is -0.497 e. The fourth-order valence-corrected chi connectivity index (χ4v) is 3.88. The van der Waals surface area contributed by atoms with Crippen LogP contribution in [-0.4, -0.2) is 87.2 Å². The summed E-state index contributed by atoms with van der Waals surface area (Å²) in [6, 6.07) is 7.90. The molecule has 1 aromatic rings. The number of nitrogens with zero attached hydrogens (tertiary/aromatic N) is 3. The van der Waals surface area contributed by atoms with Crippen molar-refractivity contribution in [2.75, 3.05) is 66.6 Å². The number of carbonyl (C=O) groups excluding carboxylic acids is 1. The van der Waals surface area contributed by atoms with Crippen LogP contribution in [-0.2, 0) is 16.1 Å². The highest BCUT2D eigenvalue weighted by atomic mass is 16.5. The Hall–Kier alpha value is -1.63. The van der Waals surface area contributed by atoms with Gasteiger partial charge in [0.15, 0.2) is 0 Å². The van der Waals surface area contributed by atoms with Gasteiger partial charge in [0.05, 0.1) is 26.9 Å². The molecule has 2 aliphatic heterocycles. The van der Waals surface area contributed by atoms with E-state index in [-0.39, 0.29) is 5.91 Å². The van der Waals surface area contributed by atoms with Crippen molar-refractivity contribution in [2.45, 2.75) is 19.4 Å². The Morgan fingerprint density at radius 2 is 1.78 bits per heavy atom. The molecule has 0 aliphatic carbocycles. The zero-order valence-electron chi connectivity index (χ0n) is 16.7. The number of carbonyl (C=O) groups is 1. The van der Waals surface area contributed by atoms with Crippen molar-refractivity contribution in [1.29, 1.82) is 0 Å². The maximum absolute atomic E-state index is 12.6. The topological polar surface area (TPSA) is 45.2 Å². The molecule has 6 heteroatoms. The number of methoxy groups -OCH3 is 1. The van der Waals surface area contributed by atoms with Crippen molar-refractivity contribution in [3.05, 3.63) is 29.8 Å². The monoisotopic (exact) mass is 375 g/mol. The Balaban J connectivity index is 1.37. The van der Waals surface area contributed by atoms with Gasteiger partial charge in [-0.3, -0.25) is 14.6 Å². The Morgan fingerprint density at radius 3 is 2.41 bits per heavy atom. The molecule has 0 saturated carbocycles. The molecule has 1 amide bonds. The normalized spacial score (nSPS) is 19.8. The van der Waals surface area contributed by atoms with Crippen LogP contribution in [0.3, 0.4) is 0 Å². The molecule has 2 saturated heterocycles. The number of rotatable bonds is 7. The fourth-order valence-electron chi connectivity index (χ4n) is 3.88. The number of hydrogen-bond acceptors (Lipinski definition) is 5. The van der Waals surface area contributed by atoms with E-state index in [0.29, 0.717) is 13.1 Å². The van der Waals surface area contributed by atoms with Gasteiger partial charge in [-0.1, -0.05) is 12.1 Å². The molecule has 150 valence electrons. The molecule has 6 nitrogen and oxygen atoms in total. The second-order valence-corrected chi connectivity index (χ2v) is 7.73. The van der Waals surface area contributed by atoms with Gasteiger partial charge in [0, 0.05) is 33.2 Å². The van der Waals surface area contributed by atoms with Crippen LogP contribution >= 0.6 is 0 Å². The zero-order valence-corrected chi connectivity index (χ0v) is 16.7. The molecule has 2 fully saturated rings. The summed E-state index contributed by atoms with van der Waals surface area (Å²) in [4.78, 5) is 19.2. The SMILES string of the molecule is COc1ccc(CN(C)C(=O)CN2CCC(CN3CCOCC3)CC2)cc1. The Morgan fingerprint density at radius 1 is 1.11 bits per heavy atom. The first-order valence-corrected chi connectivity index (χ1v) is 10.0. The predicted molar refractivity (Wildman–Crippen MR) is 106 cm³/mol. The molecule has 0 radical (unpaired) electrons. The van der Waals surface area contributed by atoms with Crippen molar-refractivity contribution in [3.8, 4) is 5.75 Å². The van der Waals surface area contributed by atoms with E-state index in [1.54, 1.807) is 7.11 Å². The van der Waals surface area contributed by atoms with E-state index >= 15 is 0 Å². The van der Waals surface area contributed by atoms with Crippen LogP contribution in [0.2, 0.25) is 0 Å². The Kier molecular flexibility index (Phi) is 7.50. The van der Waals surface area contributed by atoms with Crippen LogP contribution in [0.25, 0.3) is 0 Å². The van der Waals surface area contributed by atoms with Gasteiger partial charge < -0.3 is 14.4 Å². The third kappa shape index (κ3) is 6.19. The van der Waals surface area contributed by atoms with Crippen molar-refractivity contribution < 1.29 is 14.3 Å². The third-order valence-electron chi connectivity index (χ3n) is 5.69. The molecule has 2 aliphatic rings. The van der Waals surface area contributed by atoms with Crippen molar-refractivity contribution in [3.63, 3.8) is 0 Å². The molecule has 1 aromatic carbocycles. The summed E-state index contributed by atoms with van der Waals surface area (Å²) in [6.45, 7) is 8.26. The summed E-state index contributed by atoms with van der Waals surface area (Å²) in [6.07, 6.45) is 2.37. The minimum atomic E-state index is 0.192. The van der Waals surface area contributed by atoms with Crippen molar-refractivity contribution in [1.82, 2.24) is 14.7 Å². The molecule has 0 N–H and O–H groups in total. The summed E-state index contributed by atoms with van der Waals surface area (Å²) in [5, 5.41) is 0. The molecule has 27 heavy (non-hydrogen) atoms. The lowest BCUT2D eigenvalue weighted by atomic mass is 9.96. The summed E-state index contributed by atoms with van der Waals surface area (Å²) in [5.41, 5.74) is 1.12. The average molecular weight is 376 g/mol. The number of likely N-dealkylation sites (N-methyl/N-ethyl adjacent to an activating group) is 1. The standard InChI is InChI=1S/C21H33N3O3/c1-22(15-18-3-5-20(26-2)6-4-18)21(25)17-23-9-7-19(8-10-23)16-24-11-13-27-14-12-24/h3-6,19H,7-17H2,1-2H3. The highest BCUT2D eigenvalue weighted by Crippen LogP contribution is 2.19. The quantitative estimate of drug-likeness (QED) is 0.726. The lowest BCUT2D eigenvalue weighted by molar-refractivity contribution is -0.132. The highest BCUT2D eigenvalue weighted by Gasteiger charge is 2.24. The number of benzene rings is 1. The largest absolute Gasteiger partial charge is 0.497 e. The minimum absolute atomic E-state index is 0.192.